The largest absolute Gasteiger partial charge is 0.479 e. The van der Waals surface area contributed by atoms with Crippen LogP contribution in [0.4, 0.5) is 4.39 Å². The SMILES string of the molecule is Cn1cnnc1C1CCCN1S(=O)(=O)c1ccc(OCC(=O)O)c(F)c1. The lowest BCUT2D eigenvalue weighted by Crippen LogP contribution is -2.32. The second kappa shape index (κ2) is 7.00. The van der Waals surface area contributed by atoms with Gasteiger partial charge in [-0.15, -0.1) is 10.2 Å². The van der Waals surface area contributed by atoms with Gasteiger partial charge in [0.2, 0.25) is 10.0 Å². The van der Waals surface area contributed by atoms with Crippen LogP contribution in [0.5, 0.6) is 5.75 Å². The van der Waals surface area contributed by atoms with Crippen molar-refractivity contribution in [2.24, 2.45) is 7.05 Å². The van der Waals surface area contributed by atoms with Crippen molar-refractivity contribution < 1.29 is 27.4 Å². The van der Waals surface area contributed by atoms with Gasteiger partial charge in [-0.05, 0) is 31.0 Å². The molecule has 0 amide bonds. The van der Waals surface area contributed by atoms with E-state index >= 15 is 0 Å². The Balaban J connectivity index is 1.89. The van der Waals surface area contributed by atoms with E-state index in [-0.39, 0.29) is 10.6 Å². The van der Waals surface area contributed by atoms with Crippen LogP contribution in [-0.2, 0) is 21.9 Å². The molecule has 0 spiro atoms. The Bertz CT molecular complexity index is 930. The van der Waals surface area contributed by atoms with Gasteiger partial charge in [-0.1, -0.05) is 0 Å². The summed E-state index contributed by atoms with van der Waals surface area (Å²) < 4.78 is 47.7. The van der Waals surface area contributed by atoms with E-state index in [2.05, 4.69) is 10.2 Å². The van der Waals surface area contributed by atoms with E-state index in [0.29, 0.717) is 25.2 Å². The number of hydrogen-bond donors (Lipinski definition) is 1. The van der Waals surface area contributed by atoms with Crippen molar-refractivity contribution in [1.29, 1.82) is 0 Å². The van der Waals surface area contributed by atoms with Crippen molar-refractivity contribution in [2.75, 3.05) is 13.2 Å². The molecule has 1 aromatic heterocycles. The Labute approximate surface area is 149 Å². The predicted molar refractivity (Wildman–Crippen MR) is 86.4 cm³/mol. The van der Waals surface area contributed by atoms with Crippen LogP contribution in [0.15, 0.2) is 29.4 Å². The lowest BCUT2D eigenvalue weighted by Gasteiger charge is -2.23. The molecule has 1 N–H and O–H groups in total. The zero-order chi connectivity index (χ0) is 18.9. The molecule has 1 aromatic carbocycles. The van der Waals surface area contributed by atoms with Crippen LogP contribution < -0.4 is 4.74 Å². The molecule has 1 saturated heterocycles. The summed E-state index contributed by atoms with van der Waals surface area (Å²) in [6.07, 6.45) is 2.74. The number of ether oxygens (including phenoxy) is 1. The number of aliphatic carboxylic acids is 1. The number of benzene rings is 1. The molecule has 140 valence electrons. The normalized spacial score (nSPS) is 18.2. The highest BCUT2D eigenvalue weighted by atomic mass is 32.2. The third-order valence-electron chi connectivity index (χ3n) is 4.11. The van der Waals surface area contributed by atoms with E-state index in [1.54, 1.807) is 11.6 Å². The van der Waals surface area contributed by atoms with Gasteiger partial charge in [0.15, 0.2) is 24.0 Å². The van der Waals surface area contributed by atoms with Crippen LogP contribution in [0.25, 0.3) is 0 Å². The van der Waals surface area contributed by atoms with Crippen LogP contribution in [0, 0.1) is 5.82 Å². The molecule has 0 radical (unpaired) electrons. The fraction of sp³-hybridized carbons (Fsp3) is 0.400. The number of carbonyl (C=O) groups is 1. The molecule has 1 unspecified atom stereocenters. The van der Waals surface area contributed by atoms with E-state index < -0.39 is 34.5 Å². The Hall–Kier alpha value is -2.53. The van der Waals surface area contributed by atoms with Crippen LogP contribution in [-0.4, -0.2) is 51.7 Å². The molecule has 26 heavy (non-hydrogen) atoms. The summed E-state index contributed by atoms with van der Waals surface area (Å²) >= 11 is 0. The molecule has 1 fully saturated rings. The minimum absolute atomic E-state index is 0.230. The molecule has 2 aromatic rings. The summed E-state index contributed by atoms with van der Waals surface area (Å²) in [5.41, 5.74) is 0. The van der Waals surface area contributed by atoms with Crippen molar-refractivity contribution >= 4 is 16.0 Å². The Morgan fingerprint density at radius 1 is 1.46 bits per heavy atom. The second-order valence-electron chi connectivity index (χ2n) is 5.85. The standard InChI is InChI=1S/C15H17FN4O5S/c1-19-9-17-18-15(19)12-3-2-6-20(12)26(23,24)10-4-5-13(11(16)7-10)25-8-14(21)22/h4-5,7,9,12H,2-3,6,8H2,1H3,(H,21,22). The molecular weight excluding hydrogens is 367 g/mol. The summed E-state index contributed by atoms with van der Waals surface area (Å²) in [5.74, 6) is -2.00. The highest BCUT2D eigenvalue weighted by Crippen LogP contribution is 2.36. The summed E-state index contributed by atoms with van der Waals surface area (Å²) in [6.45, 7) is -0.428. The number of sulfonamides is 1. The fourth-order valence-corrected chi connectivity index (χ4v) is 4.58. The molecule has 3 rings (SSSR count). The molecule has 0 bridgehead atoms. The smallest absolute Gasteiger partial charge is 0.341 e. The average Bonchev–Trinajstić information content (AvgIpc) is 3.22. The van der Waals surface area contributed by atoms with Crippen molar-refractivity contribution in [1.82, 2.24) is 19.1 Å². The first-order chi connectivity index (χ1) is 12.3. The van der Waals surface area contributed by atoms with Gasteiger partial charge in [-0.25, -0.2) is 17.6 Å². The van der Waals surface area contributed by atoms with Crippen molar-refractivity contribution in [3.8, 4) is 5.75 Å². The highest BCUT2D eigenvalue weighted by molar-refractivity contribution is 7.89. The van der Waals surface area contributed by atoms with Crippen molar-refractivity contribution in [3.05, 3.63) is 36.2 Å². The molecule has 1 aliphatic rings. The van der Waals surface area contributed by atoms with Gasteiger partial charge in [-0.3, -0.25) is 0 Å². The molecule has 0 aliphatic carbocycles. The lowest BCUT2D eigenvalue weighted by molar-refractivity contribution is -0.139. The van der Waals surface area contributed by atoms with E-state index in [1.807, 2.05) is 0 Å². The van der Waals surface area contributed by atoms with Crippen LogP contribution in [0.1, 0.15) is 24.7 Å². The van der Waals surface area contributed by atoms with Crippen molar-refractivity contribution in [3.63, 3.8) is 0 Å². The van der Waals surface area contributed by atoms with E-state index in [1.165, 1.54) is 16.7 Å². The van der Waals surface area contributed by atoms with Gasteiger partial charge in [0.25, 0.3) is 0 Å². The maximum atomic E-state index is 14.1. The summed E-state index contributed by atoms with van der Waals surface area (Å²) in [6, 6.07) is 2.66. The first kappa shape index (κ1) is 18.3. The number of nitrogens with zero attached hydrogens (tertiary/aromatic N) is 4. The second-order valence-corrected chi connectivity index (χ2v) is 7.74. The van der Waals surface area contributed by atoms with E-state index in [9.17, 15) is 17.6 Å². The minimum atomic E-state index is -3.96. The number of halogens is 1. The highest BCUT2D eigenvalue weighted by Gasteiger charge is 2.38. The lowest BCUT2D eigenvalue weighted by atomic mass is 10.2. The van der Waals surface area contributed by atoms with Crippen LogP contribution in [0.2, 0.25) is 0 Å². The minimum Gasteiger partial charge on any atom is -0.479 e. The number of aromatic nitrogens is 3. The maximum Gasteiger partial charge on any atom is 0.341 e. The number of aryl methyl sites for hydroxylation is 1. The third kappa shape index (κ3) is 3.40. The first-order valence-corrected chi connectivity index (χ1v) is 9.24. The maximum absolute atomic E-state index is 14.1. The Morgan fingerprint density at radius 3 is 2.85 bits per heavy atom. The van der Waals surface area contributed by atoms with Gasteiger partial charge >= 0.3 is 5.97 Å². The van der Waals surface area contributed by atoms with Gasteiger partial charge in [0.1, 0.15) is 6.33 Å². The molecule has 2 heterocycles. The number of carboxylic acid groups (broad SMARTS) is 1. The van der Waals surface area contributed by atoms with Crippen LogP contribution in [0.3, 0.4) is 0 Å². The van der Waals surface area contributed by atoms with Gasteiger partial charge in [0, 0.05) is 13.6 Å². The van der Waals surface area contributed by atoms with Gasteiger partial charge < -0.3 is 14.4 Å². The van der Waals surface area contributed by atoms with Gasteiger partial charge in [0.05, 0.1) is 10.9 Å². The fourth-order valence-electron chi connectivity index (χ4n) is 2.91. The summed E-state index contributed by atoms with van der Waals surface area (Å²) in [5, 5.41) is 16.3. The van der Waals surface area contributed by atoms with E-state index in [0.717, 1.165) is 12.1 Å². The Kier molecular flexibility index (Phi) is 4.92. The van der Waals surface area contributed by atoms with Crippen molar-refractivity contribution in [2.45, 2.75) is 23.8 Å². The average molecular weight is 384 g/mol. The summed E-state index contributed by atoms with van der Waals surface area (Å²) in [7, 11) is -2.23. The molecule has 1 atom stereocenters. The quantitative estimate of drug-likeness (QED) is 0.788. The van der Waals surface area contributed by atoms with Gasteiger partial charge in [-0.2, -0.15) is 4.31 Å². The van der Waals surface area contributed by atoms with E-state index in [4.69, 9.17) is 9.84 Å². The Morgan fingerprint density at radius 2 is 2.23 bits per heavy atom. The molecular formula is C15H17FN4O5S. The zero-order valence-electron chi connectivity index (χ0n) is 13.9. The monoisotopic (exact) mass is 384 g/mol. The molecule has 1 aliphatic heterocycles. The molecule has 0 saturated carbocycles. The first-order valence-electron chi connectivity index (χ1n) is 7.80. The number of carboxylic acids is 1. The van der Waals surface area contributed by atoms with Crippen LogP contribution >= 0.6 is 0 Å². The molecule has 9 nitrogen and oxygen atoms in total. The summed E-state index contributed by atoms with van der Waals surface area (Å²) in [4.78, 5) is 10.3. The zero-order valence-corrected chi connectivity index (χ0v) is 14.7. The molecule has 11 heteroatoms. The topological polar surface area (TPSA) is 115 Å². The number of rotatable bonds is 6. The number of hydrogen-bond acceptors (Lipinski definition) is 6. The predicted octanol–water partition coefficient (Wildman–Crippen LogP) is 0.943. The third-order valence-corrected chi connectivity index (χ3v) is 6.01.